The Labute approximate surface area is 174 Å². The fourth-order valence-electron chi connectivity index (χ4n) is 4.51. The SMILES string of the molecule is CCOC(=O)c1ccc(-c2ccc(C3OC4CCCCC4c4sccc43)o2)cc1. The average Bonchev–Trinajstić information content (AvgIpc) is 3.44. The molecule has 0 saturated heterocycles. The van der Waals surface area contributed by atoms with Crippen LogP contribution in [-0.2, 0) is 9.47 Å². The van der Waals surface area contributed by atoms with Crippen molar-refractivity contribution in [3.8, 4) is 11.3 Å². The second-order valence-corrected chi connectivity index (χ2v) is 8.63. The second kappa shape index (κ2) is 7.81. The van der Waals surface area contributed by atoms with Crippen molar-refractivity contribution in [1.82, 2.24) is 0 Å². The fourth-order valence-corrected chi connectivity index (χ4v) is 5.63. The van der Waals surface area contributed by atoms with Crippen molar-refractivity contribution in [2.75, 3.05) is 6.61 Å². The van der Waals surface area contributed by atoms with Gasteiger partial charge in [0, 0.05) is 21.9 Å². The maximum Gasteiger partial charge on any atom is 0.338 e. The molecular weight excluding hydrogens is 384 g/mol. The maximum absolute atomic E-state index is 11.8. The minimum absolute atomic E-state index is 0.136. The molecule has 5 heteroatoms. The van der Waals surface area contributed by atoms with Gasteiger partial charge in [-0.05, 0) is 55.5 Å². The van der Waals surface area contributed by atoms with E-state index in [0.717, 1.165) is 23.5 Å². The molecule has 3 atom stereocenters. The lowest BCUT2D eigenvalue weighted by atomic mass is 9.81. The normalized spacial score (nSPS) is 23.3. The standard InChI is InChI=1S/C24H24O4S/c1-2-26-24(25)16-9-7-15(8-10-16)19-11-12-21(27-19)22-18-13-14-29-23(18)17-5-3-4-6-20(17)28-22/h7-14,17,20,22H,2-6H2,1H3. The molecule has 5 rings (SSSR count). The number of hydrogen-bond donors (Lipinski definition) is 0. The van der Waals surface area contributed by atoms with Crippen molar-refractivity contribution in [3.63, 3.8) is 0 Å². The summed E-state index contributed by atoms with van der Waals surface area (Å²) in [6.07, 6.45) is 5.03. The second-order valence-electron chi connectivity index (χ2n) is 7.69. The molecule has 29 heavy (non-hydrogen) atoms. The van der Waals surface area contributed by atoms with Crippen LogP contribution < -0.4 is 0 Å². The first kappa shape index (κ1) is 18.6. The van der Waals surface area contributed by atoms with E-state index in [9.17, 15) is 4.79 Å². The Bertz CT molecular complexity index is 1000. The van der Waals surface area contributed by atoms with Crippen molar-refractivity contribution in [2.45, 2.75) is 50.7 Å². The molecule has 0 amide bonds. The van der Waals surface area contributed by atoms with E-state index in [1.165, 1.54) is 29.7 Å². The summed E-state index contributed by atoms with van der Waals surface area (Å²) in [5.41, 5.74) is 2.74. The third-order valence-electron chi connectivity index (χ3n) is 5.93. The molecule has 0 radical (unpaired) electrons. The lowest BCUT2D eigenvalue weighted by molar-refractivity contribution is -0.0451. The Hall–Kier alpha value is -2.37. The number of thiophene rings is 1. The van der Waals surface area contributed by atoms with Crippen molar-refractivity contribution in [3.05, 3.63) is 69.6 Å². The highest BCUT2D eigenvalue weighted by atomic mass is 32.1. The van der Waals surface area contributed by atoms with Gasteiger partial charge in [0.1, 0.15) is 17.6 Å². The van der Waals surface area contributed by atoms with Gasteiger partial charge in [0.15, 0.2) is 0 Å². The third kappa shape index (κ3) is 3.43. The fraction of sp³-hybridized carbons (Fsp3) is 0.375. The Morgan fingerprint density at radius 1 is 1.10 bits per heavy atom. The van der Waals surface area contributed by atoms with Crippen LogP contribution in [0.1, 0.15) is 71.2 Å². The summed E-state index contributed by atoms with van der Waals surface area (Å²) in [4.78, 5) is 13.3. The van der Waals surface area contributed by atoms with Crippen LogP contribution in [-0.4, -0.2) is 18.7 Å². The van der Waals surface area contributed by atoms with Crippen LogP contribution in [0.15, 0.2) is 52.3 Å². The summed E-state index contributed by atoms with van der Waals surface area (Å²) in [5.74, 6) is 1.86. The number of carbonyl (C=O) groups excluding carboxylic acids is 1. The van der Waals surface area contributed by atoms with Crippen molar-refractivity contribution < 1.29 is 18.7 Å². The van der Waals surface area contributed by atoms with Crippen molar-refractivity contribution in [2.24, 2.45) is 0 Å². The van der Waals surface area contributed by atoms with Gasteiger partial charge in [0.05, 0.1) is 18.3 Å². The molecule has 1 fully saturated rings. The number of fused-ring (bicyclic) bond motifs is 3. The number of hydrogen-bond acceptors (Lipinski definition) is 5. The van der Waals surface area contributed by atoms with E-state index in [0.29, 0.717) is 18.1 Å². The van der Waals surface area contributed by atoms with Crippen molar-refractivity contribution >= 4 is 17.3 Å². The molecule has 0 bridgehead atoms. The summed E-state index contributed by atoms with van der Waals surface area (Å²) >= 11 is 1.86. The lowest BCUT2D eigenvalue weighted by Gasteiger charge is -2.38. The number of carbonyl (C=O) groups is 1. The molecule has 3 heterocycles. The third-order valence-corrected chi connectivity index (χ3v) is 6.99. The first-order valence-electron chi connectivity index (χ1n) is 10.3. The van der Waals surface area contributed by atoms with Gasteiger partial charge in [-0.15, -0.1) is 11.3 Å². The van der Waals surface area contributed by atoms with E-state index in [4.69, 9.17) is 13.9 Å². The van der Waals surface area contributed by atoms with Gasteiger partial charge in [-0.1, -0.05) is 25.0 Å². The van der Waals surface area contributed by atoms with Crippen LogP contribution in [0.2, 0.25) is 0 Å². The van der Waals surface area contributed by atoms with Gasteiger partial charge in [-0.25, -0.2) is 4.79 Å². The molecule has 1 aliphatic heterocycles. The Kier molecular flexibility index (Phi) is 5.02. The van der Waals surface area contributed by atoms with E-state index in [2.05, 4.69) is 11.4 Å². The van der Waals surface area contributed by atoms with Crippen molar-refractivity contribution in [1.29, 1.82) is 0 Å². The molecule has 4 nitrogen and oxygen atoms in total. The number of benzene rings is 1. The van der Waals surface area contributed by atoms with Gasteiger partial charge in [-0.3, -0.25) is 0 Å². The number of furan rings is 1. The minimum Gasteiger partial charge on any atom is -0.462 e. The summed E-state index contributed by atoms with van der Waals surface area (Å²) in [7, 11) is 0. The minimum atomic E-state index is -0.304. The van der Waals surface area contributed by atoms with E-state index in [1.807, 2.05) is 35.6 Å². The molecule has 2 aromatic heterocycles. The van der Waals surface area contributed by atoms with Crippen LogP contribution in [0.25, 0.3) is 11.3 Å². The molecule has 1 saturated carbocycles. The van der Waals surface area contributed by atoms with Crippen LogP contribution in [0, 0.1) is 0 Å². The monoisotopic (exact) mass is 408 g/mol. The zero-order valence-corrected chi connectivity index (χ0v) is 17.2. The molecule has 0 spiro atoms. The highest BCUT2D eigenvalue weighted by molar-refractivity contribution is 7.10. The molecule has 2 aliphatic rings. The molecule has 3 aromatic rings. The van der Waals surface area contributed by atoms with Gasteiger partial charge in [0.2, 0.25) is 0 Å². The van der Waals surface area contributed by atoms with E-state index >= 15 is 0 Å². The van der Waals surface area contributed by atoms with E-state index in [-0.39, 0.29) is 18.2 Å². The number of esters is 1. The molecule has 0 N–H and O–H groups in total. The first-order valence-corrected chi connectivity index (χ1v) is 11.2. The Morgan fingerprint density at radius 3 is 2.76 bits per heavy atom. The molecule has 3 unspecified atom stereocenters. The summed E-state index contributed by atoms with van der Waals surface area (Å²) in [6, 6.07) is 13.5. The highest BCUT2D eigenvalue weighted by Crippen LogP contribution is 2.49. The summed E-state index contributed by atoms with van der Waals surface area (Å²) < 4.78 is 17.8. The average molecular weight is 409 g/mol. The smallest absolute Gasteiger partial charge is 0.338 e. The lowest BCUT2D eigenvalue weighted by Crippen LogP contribution is -2.32. The number of ether oxygens (including phenoxy) is 2. The maximum atomic E-state index is 11.8. The molecular formula is C24H24O4S. The van der Waals surface area contributed by atoms with Crippen LogP contribution in [0.3, 0.4) is 0 Å². The topological polar surface area (TPSA) is 48.7 Å². The van der Waals surface area contributed by atoms with E-state index in [1.54, 1.807) is 19.1 Å². The van der Waals surface area contributed by atoms with Gasteiger partial charge >= 0.3 is 5.97 Å². The van der Waals surface area contributed by atoms with Gasteiger partial charge in [-0.2, -0.15) is 0 Å². The summed E-state index contributed by atoms with van der Waals surface area (Å²) in [6.45, 7) is 2.17. The quantitative estimate of drug-likeness (QED) is 0.473. The first-order chi connectivity index (χ1) is 14.2. The molecule has 1 aromatic carbocycles. The van der Waals surface area contributed by atoms with Gasteiger partial charge < -0.3 is 13.9 Å². The predicted molar refractivity (Wildman–Crippen MR) is 112 cm³/mol. The molecule has 1 aliphatic carbocycles. The Morgan fingerprint density at radius 2 is 1.93 bits per heavy atom. The zero-order chi connectivity index (χ0) is 19.8. The van der Waals surface area contributed by atoms with Crippen LogP contribution in [0.5, 0.6) is 0 Å². The zero-order valence-electron chi connectivity index (χ0n) is 16.4. The summed E-state index contributed by atoms with van der Waals surface area (Å²) in [5, 5.41) is 2.18. The van der Waals surface area contributed by atoms with Crippen LogP contribution in [0.4, 0.5) is 0 Å². The predicted octanol–water partition coefficient (Wildman–Crippen LogP) is 6.33. The number of rotatable bonds is 4. The molecule has 150 valence electrons. The Balaban J connectivity index is 1.41. The van der Waals surface area contributed by atoms with Gasteiger partial charge in [0.25, 0.3) is 0 Å². The largest absolute Gasteiger partial charge is 0.462 e. The highest BCUT2D eigenvalue weighted by Gasteiger charge is 2.39. The van der Waals surface area contributed by atoms with E-state index < -0.39 is 0 Å². The van der Waals surface area contributed by atoms with Crippen LogP contribution >= 0.6 is 11.3 Å².